The number of aromatic nitrogens is 1. The normalized spacial score (nSPS) is 23.3. The van der Waals surface area contributed by atoms with Crippen LogP contribution < -0.4 is 5.73 Å². The van der Waals surface area contributed by atoms with Gasteiger partial charge < -0.3 is 5.73 Å². The van der Waals surface area contributed by atoms with E-state index in [-0.39, 0.29) is 11.9 Å². The molecule has 0 radical (unpaired) electrons. The van der Waals surface area contributed by atoms with Crippen LogP contribution in [0.25, 0.3) is 0 Å². The van der Waals surface area contributed by atoms with Gasteiger partial charge in [-0.3, -0.25) is 4.90 Å². The summed E-state index contributed by atoms with van der Waals surface area (Å²) in [5.41, 5.74) is 6.48. The van der Waals surface area contributed by atoms with Gasteiger partial charge in [0.1, 0.15) is 5.82 Å². The summed E-state index contributed by atoms with van der Waals surface area (Å²) in [6.45, 7) is 3.99. The second-order valence-corrected chi connectivity index (χ2v) is 6.62. The van der Waals surface area contributed by atoms with Crippen molar-refractivity contribution in [3.8, 4) is 0 Å². The Balaban J connectivity index is 1.83. The van der Waals surface area contributed by atoms with Gasteiger partial charge in [0.2, 0.25) is 0 Å². The Morgan fingerprint density at radius 3 is 2.95 bits per heavy atom. The lowest BCUT2D eigenvalue weighted by atomic mass is 10.0. The fraction of sp³-hybridized carbons (Fsp3) is 0.400. The molecule has 2 aromatic rings. The molecule has 20 heavy (non-hydrogen) atoms. The molecule has 5 heteroatoms. The van der Waals surface area contributed by atoms with Crippen LogP contribution in [0, 0.1) is 11.7 Å². The third kappa shape index (κ3) is 2.69. The van der Waals surface area contributed by atoms with Crippen LogP contribution in [-0.4, -0.2) is 16.4 Å². The Kier molecular flexibility index (Phi) is 3.72. The minimum Gasteiger partial charge on any atom is -0.375 e. The number of hydrogen-bond donors (Lipinski definition) is 1. The van der Waals surface area contributed by atoms with E-state index in [2.05, 4.69) is 16.8 Å². The van der Waals surface area contributed by atoms with E-state index in [1.807, 2.05) is 18.3 Å². The molecule has 2 atom stereocenters. The third-order valence-electron chi connectivity index (χ3n) is 3.81. The summed E-state index contributed by atoms with van der Waals surface area (Å²) in [4.78, 5) is 7.55. The molecule has 2 unspecified atom stereocenters. The van der Waals surface area contributed by atoms with Crippen molar-refractivity contribution in [1.82, 2.24) is 9.88 Å². The van der Waals surface area contributed by atoms with Gasteiger partial charge in [0, 0.05) is 35.8 Å². The molecular formula is C15H18FN3S. The average molecular weight is 291 g/mol. The fourth-order valence-corrected chi connectivity index (χ4v) is 3.68. The van der Waals surface area contributed by atoms with Crippen molar-refractivity contribution in [2.24, 2.45) is 5.92 Å². The lowest BCUT2D eigenvalue weighted by Crippen LogP contribution is -2.23. The second-order valence-electron chi connectivity index (χ2n) is 5.47. The van der Waals surface area contributed by atoms with Crippen molar-refractivity contribution in [2.45, 2.75) is 25.9 Å². The first-order chi connectivity index (χ1) is 9.63. The highest BCUT2D eigenvalue weighted by Crippen LogP contribution is 2.37. The highest BCUT2D eigenvalue weighted by atomic mass is 32.1. The summed E-state index contributed by atoms with van der Waals surface area (Å²) in [6.07, 6.45) is 2.82. The summed E-state index contributed by atoms with van der Waals surface area (Å²) in [6, 6.07) is 7.23. The Morgan fingerprint density at radius 2 is 2.25 bits per heavy atom. The minimum atomic E-state index is -0.111. The predicted molar refractivity (Wildman–Crippen MR) is 79.9 cm³/mol. The molecular weight excluding hydrogens is 273 g/mol. The summed E-state index contributed by atoms with van der Waals surface area (Å²) in [5, 5.41) is 0.592. The van der Waals surface area contributed by atoms with E-state index < -0.39 is 0 Å². The Hall–Kier alpha value is -1.46. The van der Waals surface area contributed by atoms with Gasteiger partial charge in [0.15, 0.2) is 5.13 Å². The summed E-state index contributed by atoms with van der Waals surface area (Å²) in [7, 11) is 0. The maximum atomic E-state index is 14.0. The zero-order valence-corrected chi connectivity index (χ0v) is 12.2. The lowest BCUT2D eigenvalue weighted by molar-refractivity contribution is 0.243. The number of thiazole rings is 1. The van der Waals surface area contributed by atoms with Gasteiger partial charge in [-0.15, -0.1) is 11.3 Å². The van der Waals surface area contributed by atoms with Crippen LogP contribution in [0.3, 0.4) is 0 Å². The standard InChI is InChI=1S/C15H18FN3S/c1-10-6-14(12-4-2-3-5-13(12)16)19(8-10)9-11-7-18-15(17)20-11/h2-5,7,10,14H,6,8-9H2,1H3,(H2,17,18). The molecule has 1 fully saturated rings. The molecule has 1 saturated heterocycles. The van der Waals surface area contributed by atoms with Gasteiger partial charge in [0.05, 0.1) is 0 Å². The quantitative estimate of drug-likeness (QED) is 0.942. The largest absolute Gasteiger partial charge is 0.375 e. The predicted octanol–water partition coefficient (Wildman–Crippen LogP) is 3.45. The molecule has 1 aliphatic rings. The molecule has 2 N–H and O–H groups in total. The third-order valence-corrected chi connectivity index (χ3v) is 4.62. The first kappa shape index (κ1) is 13.5. The van der Waals surface area contributed by atoms with Crippen LogP contribution >= 0.6 is 11.3 Å². The van der Waals surface area contributed by atoms with Crippen LogP contribution in [-0.2, 0) is 6.54 Å². The average Bonchev–Trinajstić information content (AvgIpc) is 2.97. The van der Waals surface area contributed by atoms with Gasteiger partial charge in [-0.05, 0) is 18.4 Å². The molecule has 0 saturated carbocycles. The maximum absolute atomic E-state index is 14.0. The van der Waals surface area contributed by atoms with E-state index in [9.17, 15) is 4.39 Å². The van der Waals surface area contributed by atoms with E-state index in [4.69, 9.17) is 5.73 Å². The van der Waals surface area contributed by atoms with Crippen molar-refractivity contribution >= 4 is 16.5 Å². The molecule has 106 valence electrons. The maximum Gasteiger partial charge on any atom is 0.180 e. The van der Waals surface area contributed by atoms with Gasteiger partial charge in [-0.2, -0.15) is 0 Å². The van der Waals surface area contributed by atoms with Crippen molar-refractivity contribution in [3.05, 3.63) is 46.7 Å². The van der Waals surface area contributed by atoms with Crippen LogP contribution in [0.4, 0.5) is 9.52 Å². The number of nitrogens with two attached hydrogens (primary N) is 1. The summed E-state index contributed by atoms with van der Waals surface area (Å²) >= 11 is 1.51. The highest BCUT2D eigenvalue weighted by Gasteiger charge is 2.32. The topological polar surface area (TPSA) is 42.2 Å². The molecule has 1 aromatic heterocycles. The highest BCUT2D eigenvalue weighted by molar-refractivity contribution is 7.15. The molecule has 3 nitrogen and oxygen atoms in total. The SMILES string of the molecule is CC1CC(c2ccccc2F)N(Cc2cnc(N)s2)C1. The first-order valence-corrected chi connectivity index (χ1v) is 7.64. The van der Waals surface area contributed by atoms with E-state index in [0.717, 1.165) is 30.0 Å². The van der Waals surface area contributed by atoms with Crippen LogP contribution in [0.2, 0.25) is 0 Å². The van der Waals surface area contributed by atoms with Crippen LogP contribution in [0.5, 0.6) is 0 Å². The van der Waals surface area contributed by atoms with E-state index in [1.54, 1.807) is 12.1 Å². The number of benzene rings is 1. The monoisotopic (exact) mass is 291 g/mol. The van der Waals surface area contributed by atoms with Gasteiger partial charge in [0.25, 0.3) is 0 Å². The molecule has 1 aromatic carbocycles. The first-order valence-electron chi connectivity index (χ1n) is 6.82. The number of anilines is 1. The van der Waals surface area contributed by atoms with E-state index in [0.29, 0.717) is 11.0 Å². The molecule has 0 amide bonds. The van der Waals surface area contributed by atoms with Crippen molar-refractivity contribution in [2.75, 3.05) is 12.3 Å². The summed E-state index contributed by atoms with van der Waals surface area (Å²) in [5.74, 6) is 0.463. The van der Waals surface area contributed by atoms with E-state index in [1.165, 1.54) is 11.3 Å². The van der Waals surface area contributed by atoms with Crippen molar-refractivity contribution < 1.29 is 4.39 Å². The van der Waals surface area contributed by atoms with Gasteiger partial charge >= 0.3 is 0 Å². The van der Waals surface area contributed by atoms with Crippen LogP contribution in [0.15, 0.2) is 30.5 Å². The molecule has 2 heterocycles. The van der Waals surface area contributed by atoms with Gasteiger partial charge in [-0.1, -0.05) is 25.1 Å². The smallest absolute Gasteiger partial charge is 0.180 e. The number of rotatable bonds is 3. The number of hydrogen-bond acceptors (Lipinski definition) is 4. The molecule has 1 aliphatic heterocycles. The number of nitrogens with zero attached hydrogens (tertiary/aromatic N) is 2. The zero-order valence-electron chi connectivity index (χ0n) is 11.4. The van der Waals surface area contributed by atoms with Crippen molar-refractivity contribution in [1.29, 1.82) is 0 Å². The molecule has 0 bridgehead atoms. The second kappa shape index (κ2) is 5.50. The fourth-order valence-electron chi connectivity index (χ4n) is 2.97. The minimum absolute atomic E-state index is 0.111. The van der Waals surface area contributed by atoms with Crippen LogP contribution in [0.1, 0.15) is 29.8 Å². The summed E-state index contributed by atoms with van der Waals surface area (Å²) < 4.78 is 14.0. The zero-order chi connectivity index (χ0) is 14.1. The Morgan fingerprint density at radius 1 is 1.45 bits per heavy atom. The molecule has 0 aliphatic carbocycles. The Bertz CT molecular complexity index is 598. The number of nitrogen functional groups attached to an aromatic ring is 1. The lowest BCUT2D eigenvalue weighted by Gasteiger charge is -2.24. The number of likely N-dealkylation sites (tertiary alicyclic amines) is 1. The van der Waals surface area contributed by atoms with E-state index >= 15 is 0 Å². The Labute approximate surface area is 122 Å². The van der Waals surface area contributed by atoms with Crippen molar-refractivity contribution in [3.63, 3.8) is 0 Å². The number of halogens is 1. The molecule has 3 rings (SSSR count). The molecule has 0 spiro atoms. The van der Waals surface area contributed by atoms with Gasteiger partial charge in [-0.25, -0.2) is 9.37 Å².